The van der Waals surface area contributed by atoms with E-state index in [2.05, 4.69) is 20.7 Å². The minimum absolute atomic E-state index is 0.113. The summed E-state index contributed by atoms with van der Waals surface area (Å²) in [5.41, 5.74) is 2.70. The molecule has 10 heteroatoms. The second-order valence-corrected chi connectivity index (χ2v) is 6.11. The van der Waals surface area contributed by atoms with Crippen molar-refractivity contribution in [2.24, 2.45) is 7.05 Å². The Labute approximate surface area is 153 Å². The van der Waals surface area contributed by atoms with E-state index in [1.165, 1.54) is 18.2 Å². The maximum Gasteiger partial charge on any atom is 0.319 e. The Balaban J connectivity index is 1.78. The number of pyridine rings is 1. The highest BCUT2D eigenvalue weighted by Crippen LogP contribution is 2.20. The number of nitrogens with zero attached hydrogens (tertiary/aromatic N) is 3. The fourth-order valence-corrected chi connectivity index (χ4v) is 2.95. The standard InChI is InChI=1S/C17H18N6O4/c1-9-13(10(2)19-15-14(9)16(24)21-22(15)3)8-18-17(25)20-11-5-4-6-12(7-11)23(26)27/h4-7H,8H2,1-3H3,(H,21,24)(H2,18,20,25). The van der Waals surface area contributed by atoms with Crippen LogP contribution in [0.4, 0.5) is 16.2 Å². The van der Waals surface area contributed by atoms with Gasteiger partial charge in [-0.15, -0.1) is 0 Å². The lowest BCUT2D eigenvalue weighted by atomic mass is 10.1. The van der Waals surface area contributed by atoms with Crippen LogP contribution in [0.2, 0.25) is 0 Å². The Bertz CT molecular complexity index is 1110. The molecule has 0 aliphatic heterocycles. The van der Waals surface area contributed by atoms with Crippen LogP contribution in [-0.2, 0) is 13.6 Å². The molecule has 0 saturated carbocycles. The van der Waals surface area contributed by atoms with Crippen molar-refractivity contribution in [2.45, 2.75) is 20.4 Å². The predicted molar refractivity (Wildman–Crippen MR) is 99.8 cm³/mol. The highest BCUT2D eigenvalue weighted by Gasteiger charge is 2.16. The minimum atomic E-state index is -0.534. The first-order chi connectivity index (χ1) is 12.8. The Morgan fingerprint density at radius 3 is 2.81 bits per heavy atom. The predicted octanol–water partition coefficient (Wildman–Crippen LogP) is 2.11. The Morgan fingerprint density at radius 2 is 2.11 bits per heavy atom. The second-order valence-electron chi connectivity index (χ2n) is 6.11. The van der Waals surface area contributed by atoms with Crippen molar-refractivity contribution in [3.8, 4) is 0 Å². The lowest BCUT2D eigenvalue weighted by Crippen LogP contribution is -2.29. The number of aromatic amines is 1. The average Bonchev–Trinajstić information content (AvgIpc) is 2.88. The number of benzene rings is 1. The number of amides is 2. The number of hydrogen-bond donors (Lipinski definition) is 3. The molecule has 0 aliphatic rings. The van der Waals surface area contributed by atoms with E-state index in [1.54, 1.807) is 24.7 Å². The summed E-state index contributed by atoms with van der Waals surface area (Å²) >= 11 is 0. The summed E-state index contributed by atoms with van der Waals surface area (Å²) in [5, 5.41) is 19.2. The van der Waals surface area contributed by atoms with Crippen molar-refractivity contribution < 1.29 is 9.72 Å². The third-order valence-corrected chi connectivity index (χ3v) is 4.32. The lowest BCUT2D eigenvalue weighted by Gasteiger charge is -2.12. The van der Waals surface area contributed by atoms with Gasteiger partial charge in [0.05, 0.1) is 10.3 Å². The molecule has 0 saturated heterocycles. The van der Waals surface area contributed by atoms with Crippen molar-refractivity contribution in [3.05, 3.63) is 61.6 Å². The maximum absolute atomic E-state index is 12.1. The van der Waals surface area contributed by atoms with Crippen LogP contribution in [0, 0.1) is 24.0 Å². The zero-order chi connectivity index (χ0) is 19.7. The van der Waals surface area contributed by atoms with Gasteiger partial charge >= 0.3 is 6.03 Å². The molecule has 0 spiro atoms. The average molecular weight is 370 g/mol. The van der Waals surface area contributed by atoms with E-state index < -0.39 is 11.0 Å². The van der Waals surface area contributed by atoms with Crippen molar-refractivity contribution in [3.63, 3.8) is 0 Å². The molecule has 0 atom stereocenters. The first-order valence-corrected chi connectivity index (χ1v) is 8.12. The fraction of sp³-hybridized carbons (Fsp3) is 0.235. The largest absolute Gasteiger partial charge is 0.334 e. The van der Waals surface area contributed by atoms with E-state index in [0.717, 1.165) is 11.1 Å². The molecule has 0 aliphatic carbocycles. The van der Waals surface area contributed by atoms with Crippen LogP contribution < -0.4 is 16.2 Å². The minimum Gasteiger partial charge on any atom is -0.334 e. The fourth-order valence-electron chi connectivity index (χ4n) is 2.95. The smallest absolute Gasteiger partial charge is 0.319 e. The second kappa shape index (κ2) is 6.90. The van der Waals surface area contributed by atoms with Gasteiger partial charge in [0.1, 0.15) is 0 Å². The van der Waals surface area contributed by atoms with Crippen LogP contribution in [0.5, 0.6) is 0 Å². The van der Waals surface area contributed by atoms with Crippen LogP contribution in [-0.4, -0.2) is 25.7 Å². The van der Waals surface area contributed by atoms with Gasteiger partial charge in [0.15, 0.2) is 5.65 Å². The van der Waals surface area contributed by atoms with Crippen molar-refractivity contribution in [1.29, 1.82) is 0 Å². The Morgan fingerprint density at radius 1 is 1.37 bits per heavy atom. The van der Waals surface area contributed by atoms with Gasteiger partial charge in [-0.3, -0.25) is 24.7 Å². The number of nitrogens with one attached hydrogen (secondary N) is 3. The number of carbonyl (C=O) groups excluding carboxylic acids is 1. The van der Waals surface area contributed by atoms with Gasteiger partial charge in [-0.05, 0) is 31.0 Å². The lowest BCUT2D eigenvalue weighted by molar-refractivity contribution is -0.384. The van der Waals surface area contributed by atoms with Crippen LogP contribution in [0.3, 0.4) is 0 Å². The molecule has 0 fully saturated rings. The van der Waals surface area contributed by atoms with Crippen molar-refractivity contribution in [1.82, 2.24) is 20.1 Å². The molecule has 0 unspecified atom stereocenters. The molecule has 0 bridgehead atoms. The first kappa shape index (κ1) is 18.1. The number of aromatic nitrogens is 3. The van der Waals surface area contributed by atoms with Gasteiger partial charge in [-0.2, -0.15) is 0 Å². The third-order valence-electron chi connectivity index (χ3n) is 4.32. The molecular weight excluding hydrogens is 352 g/mol. The molecule has 3 rings (SSSR count). The molecule has 2 amide bonds. The summed E-state index contributed by atoms with van der Waals surface area (Å²) in [6.07, 6.45) is 0. The topological polar surface area (TPSA) is 135 Å². The van der Waals surface area contributed by atoms with E-state index in [9.17, 15) is 19.7 Å². The number of carbonyl (C=O) groups is 1. The number of aryl methyl sites for hydroxylation is 3. The number of nitro groups is 1. The maximum atomic E-state index is 12.1. The molecule has 2 aromatic heterocycles. The Kier molecular flexibility index (Phi) is 4.63. The van der Waals surface area contributed by atoms with Gasteiger partial charge in [-0.1, -0.05) is 6.07 Å². The molecule has 3 N–H and O–H groups in total. The normalized spacial score (nSPS) is 10.8. The molecule has 2 heterocycles. The van der Waals surface area contributed by atoms with Gasteiger partial charge in [0.2, 0.25) is 0 Å². The van der Waals surface area contributed by atoms with Crippen molar-refractivity contribution in [2.75, 3.05) is 5.32 Å². The number of rotatable bonds is 4. The third kappa shape index (κ3) is 3.50. The summed E-state index contributed by atoms with van der Waals surface area (Å²) in [7, 11) is 1.71. The van der Waals surface area contributed by atoms with E-state index in [1.807, 2.05) is 6.92 Å². The van der Waals surface area contributed by atoms with Crippen LogP contribution in [0.1, 0.15) is 16.8 Å². The quantitative estimate of drug-likeness (QED) is 0.477. The van der Waals surface area contributed by atoms with Gasteiger partial charge in [-0.25, -0.2) is 9.78 Å². The van der Waals surface area contributed by atoms with E-state index in [4.69, 9.17) is 0 Å². The highest BCUT2D eigenvalue weighted by molar-refractivity contribution is 5.89. The summed E-state index contributed by atoms with van der Waals surface area (Å²) in [4.78, 5) is 38.9. The van der Waals surface area contributed by atoms with Crippen molar-refractivity contribution >= 4 is 28.4 Å². The number of hydrogen-bond acceptors (Lipinski definition) is 5. The first-order valence-electron chi connectivity index (χ1n) is 8.12. The van der Waals surface area contributed by atoms with Gasteiger partial charge in [0.25, 0.3) is 11.2 Å². The van der Waals surface area contributed by atoms with Gasteiger partial charge < -0.3 is 10.6 Å². The SMILES string of the molecule is Cc1nc2c(c(C)c1CNC(=O)Nc1cccc([N+](=O)[O-])c1)c(=O)[nH]n2C. The molecule has 1 aromatic carbocycles. The van der Waals surface area contributed by atoms with E-state index >= 15 is 0 Å². The summed E-state index contributed by atoms with van der Waals surface area (Å²) < 4.78 is 1.56. The summed E-state index contributed by atoms with van der Waals surface area (Å²) in [6.45, 7) is 3.77. The molecule has 140 valence electrons. The monoisotopic (exact) mass is 370 g/mol. The van der Waals surface area contributed by atoms with Crippen LogP contribution in [0.15, 0.2) is 29.1 Å². The molecular formula is C17H18N6O4. The Hall–Kier alpha value is -3.69. The number of H-pyrrole nitrogens is 1. The molecule has 27 heavy (non-hydrogen) atoms. The number of non-ortho nitro benzene ring substituents is 1. The van der Waals surface area contributed by atoms with Crippen LogP contribution >= 0.6 is 0 Å². The van der Waals surface area contributed by atoms with Crippen LogP contribution in [0.25, 0.3) is 11.0 Å². The molecule has 10 nitrogen and oxygen atoms in total. The highest BCUT2D eigenvalue weighted by atomic mass is 16.6. The number of nitro benzene ring substituents is 1. The summed E-state index contributed by atoms with van der Waals surface area (Å²) in [6, 6.07) is 5.14. The zero-order valence-electron chi connectivity index (χ0n) is 15.0. The number of urea groups is 1. The zero-order valence-corrected chi connectivity index (χ0v) is 15.0. The number of anilines is 1. The van der Waals surface area contributed by atoms with E-state index in [-0.39, 0.29) is 17.8 Å². The summed E-state index contributed by atoms with van der Waals surface area (Å²) in [5.74, 6) is 0. The van der Waals surface area contributed by atoms with E-state index in [0.29, 0.717) is 22.4 Å². The molecule has 0 radical (unpaired) electrons. The molecule has 3 aromatic rings. The number of fused-ring (bicyclic) bond motifs is 1. The van der Waals surface area contributed by atoms with Gasteiger partial charge in [0, 0.05) is 37.1 Å².